The molecule has 1 aliphatic heterocycles. The predicted molar refractivity (Wildman–Crippen MR) is 107 cm³/mol. The van der Waals surface area contributed by atoms with Crippen molar-refractivity contribution in [1.29, 1.82) is 0 Å². The Labute approximate surface area is 159 Å². The number of piperazine rings is 1. The van der Waals surface area contributed by atoms with Crippen LogP contribution in [0.15, 0.2) is 41.5 Å². The lowest BCUT2D eigenvalue weighted by Crippen LogP contribution is -2.43. The van der Waals surface area contributed by atoms with Crippen LogP contribution in [0, 0.1) is 13.8 Å². The van der Waals surface area contributed by atoms with E-state index >= 15 is 0 Å². The maximum absolute atomic E-state index is 6.18. The molecule has 0 spiro atoms. The molecule has 0 bridgehead atoms. The van der Waals surface area contributed by atoms with Crippen molar-refractivity contribution in [1.82, 2.24) is 9.91 Å². The van der Waals surface area contributed by atoms with Gasteiger partial charge in [0.25, 0.3) is 0 Å². The summed E-state index contributed by atoms with van der Waals surface area (Å²) >= 11 is 12.1. The van der Waals surface area contributed by atoms with Gasteiger partial charge in [-0.2, -0.15) is 5.10 Å². The lowest BCUT2D eigenvalue weighted by atomic mass is 10.1. The zero-order valence-electron chi connectivity index (χ0n) is 14.7. The number of aryl methyl sites for hydroxylation is 2. The molecule has 0 aromatic heterocycles. The lowest BCUT2D eigenvalue weighted by Gasteiger charge is -2.33. The van der Waals surface area contributed by atoms with Crippen molar-refractivity contribution in [3.05, 3.63) is 68.7 Å². The van der Waals surface area contributed by atoms with E-state index in [-0.39, 0.29) is 0 Å². The Kier molecular flexibility index (Phi) is 6.00. The van der Waals surface area contributed by atoms with Gasteiger partial charge in [-0.15, -0.1) is 0 Å². The van der Waals surface area contributed by atoms with Gasteiger partial charge in [-0.05, 0) is 37.1 Å². The zero-order valence-corrected chi connectivity index (χ0v) is 16.2. The van der Waals surface area contributed by atoms with E-state index in [0.717, 1.165) is 38.3 Å². The fraction of sp³-hybridized carbons (Fsp3) is 0.350. The molecule has 0 N–H and O–H groups in total. The quantitative estimate of drug-likeness (QED) is 0.717. The molecule has 1 heterocycles. The van der Waals surface area contributed by atoms with Crippen molar-refractivity contribution in [2.45, 2.75) is 20.4 Å². The summed E-state index contributed by atoms with van der Waals surface area (Å²) in [6, 6.07) is 12.2. The standard InChI is InChI=1S/C20H23Cl2N3/c1-15-3-4-18(16(2)11-15)14-24-7-9-25(10-8-24)23-13-17-5-6-19(21)12-20(17)22/h3-6,11-13H,7-10,14H2,1-2H3. The van der Waals surface area contributed by atoms with Gasteiger partial charge in [-0.3, -0.25) is 9.91 Å². The minimum atomic E-state index is 0.629. The Hall–Kier alpha value is -1.55. The van der Waals surface area contributed by atoms with Crippen LogP contribution in [-0.2, 0) is 6.54 Å². The second-order valence-corrected chi connectivity index (χ2v) is 7.41. The molecule has 3 rings (SSSR count). The summed E-state index contributed by atoms with van der Waals surface area (Å²) in [5.41, 5.74) is 5.00. The van der Waals surface area contributed by atoms with E-state index in [2.05, 4.69) is 47.1 Å². The third kappa shape index (κ3) is 4.97. The average molecular weight is 376 g/mol. The van der Waals surface area contributed by atoms with E-state index in [1.165, 1.54) is 16.7 Å². The molecule has 25 heavy (non-hydrogen) atoms. The number of hydrogen-bond donors (Lipinski definition) is 0. The Bertz CT molecular complexity index is 766. The number of nitrogens with zero attached hydrogens (tertiary/aromatic N) is 3. The molecular formula is C20H23Cl2N3. The van der Waals surface area contributed by atoms with Gasteiger partial charge in [-0.25, -0.2) is 0 Å². The predicted octanol–water partition coefficient (Wildman–Crippen LogP) is 4.76. The number of hydrogen-bond acceptors (Lipinski definition) is 3. The van der Waals surface area contributed by atoms with Gasteiger partial charge >= 0.3 is 0 Å². The molecule has 1 aliphatic rings. The Morgan fingerprint density at radius 2 is 1.76 bits per heavy atom. The van der Waals surface area contributed by atoms with E-state index < -0.39 is 0 Å². The average Bonchev–Trinajstić information content (AvgIpc) is 2.58. The minimum Gasteiger partial charge on any atom is -0.295 e. The Morgan fingerprint density at radius 3 is 2.44 bits per heavy atom. The normalized spacial score (nSPS) is 15.9. The maximum Gasteiger partial charge on any atom is 0.0557 e. The fourth-order valence-electron chi connectivity index (χ4n) is 3.03. The van der Waals surface area contributed by atoms with Gasteiger partial charge in [0, 0.05) is 43.3 Å². The van der Waals surface area contributed by atoms with E-state index in [0.29, 0.717) is 10.0 Å². The van der Waals surface area contributed by atoms with Crippen molar-refractivity contribution in [2.75, 3.05) is 26.2 Å². The molecule has 0 saturated carbocycles. The van der Waals surface area contributed by atoms with Gasteiger partial charge in [0.1, 0.15) is 0 Å². The summed E-state index contributed by atoms with van der Waals surface area (Å²) in [6.45, 7) is 9.21. The van der Waals surface area contributed by atoms with Crippen LogP contribution in [-0.4, -0.2) is 42.3 Å². The zero-order chi connectivity index (χ0) is 17.8. The van der Waals surface area contributed by atoms with Gasteiger partial charge in [0.2, 0.25) is 0 Å². The smallest absolute Gasteiger partial charge is 0.0557 e. The van der Waals surface area contributed by atoms with Crippen molar-refractivity contribution in [3.8, 4) is 0 Å². The first-order valence-corrected chi connectivity index (χ1v) is 9.29. The van der Waals surface area contributed by atoms with Gasteiger partial charge in [-0.1, -0.05) is 53.0 Å². The highest BCUT2D eigenvalue weighted by Crippen LogP contribution is 2.20. The molecule has 1 fully saturated rings. The summed E-state index contributed by atoms with van der Waals surface area (Å²) in [4.78, 5) is 2.49. The molecule has 3 nitrogen and oxygen atoms in total. The van der Waals surface area contributed by atoms with E-state index in [1.807, 2.05) is 18.3 Å². The maximum atomic E-state index is 6.18. The number of hydrazone groups is 1. The van der Waals surface area contributed by atoms with Crippen LogP contribution in [0.3, 0.4) is 0 Å². The van der Waals surface area contributed by atoms with Gasteiger partial charge in [0.05, 0.1) is 11.2 Å². The van der Waals surface area contributed by atoms with Crippen molar-refractivity contribution in [3.63, 3.8) is 0 Å². The van der Waals surface area contributed by atoms with Gasteiger partial charge in [0.15, 0.2) is 0 Å². The van der Waals surface area contributed by atoms with E-state index in [9.17, 15) is 0 Å². The topological polar surface area (TPSA) is 18.8 Å². The highest BCUT2D eigenvalue weighted by atomic mass is 35.5. The minimum absolute atomic E-state index is 0.629. The first-order chi connectivity index (χ1) is 12.0. The first kappa shape index (κ1) is 18.2. The largest absolute Gasteiger partial charge is 0.295 e. The van der Waals surface area contributed by atoms with E-state index in [1.54, 1.807) is 6.07 Å². The lowest BCUT2D eigenvalue weighted by molar-refractivity contribution is 0.131. The molecule has 0 amide bonds. The molecule has 132 valence electrons. The van der Waals surface area contributed by atoms with Gasteiger partial charge < -0.3 is 0 Å². The second kappa shape index (κ2) is 8.22. The van der Waals surface area contributed by atoms with Crippen molar-refractivity contribution < 1.29 is 0 Å². The SMILES string of the molecule is Cc1ccc(CN2CCN(N=Cc3ccc(Cl)cc3Cl)CC2)c(C)c1. The number of benzene rings is 2. The summed E-state index contributed by atoms with van der Waals surface area (Å²) in [6.07, 6.45) is 1.82. The molecule has 2 aromatic rings. The second-order valence-electron chi connectivity index (χ2n) is 6.57. The van der Waals surface area contributed by atoms with Crippen LogP contribution in [0.1, 0.15) is 22.3 Å². The molecule has 0 atom stereocenters. The van der Waals surface area contributed by atoms with Crippen LogP contribution in [0.4, 0.5) is 0 Å². The van der Waals surface area contributed by atoms with Crippen LogP contribution in [0.5, 0.6) is 0 Å². The third-order valence-electron chi connectivity index (χ3n) is 4.56. The number of rotatable bonds is 4. The summed E-state index contributed by atoms with van der Waals surface area (Å²) in [7, 11) is 0. The third-order valence-corrected chi connectivity index (χ3v) is 5.13. The number of halogens is 2. The summed E-state index contributed by atoms with van der Waals surface area (Å²) in [5.74, 6) is 0. The monoisotopic (exact) mass is 375 g/mol. The molecule has 0 radical (unpaired) electrons. The van der Waals surface area contributed by atoms with Crippen LogP contribution < -0.4 is 0 Å². The molecular weight excluding hydrogens is 353 g/mol. The molecule has 0 aliphatic carbocycles. The summed E-state index contributed by atoms with van der Waals surface area (Å²) < 4.78 is 0. The molecule has 5 heteroatoms. The van der Waals surface area contributed by atoms with Crippen molar-refractivity contribution >= 4 is 29.4 Å². The first-order valence-electron chi connectivity index (χ1n) is 8.54. The van der Waals surface area contributed by atoms with E-state index in [4.69, 9.17) is 23.2 Å². The highest BCUT2D eigenvalue weighted by molar-refractivity contribution is 6.36. The van der Waals surface area contributed by atoms with Crippen LogP contribution in [0.2, 0.25) is 10.0 Å². The molecule has 1 saturated heterocycles. The molecule has 0 unspecified atom stereocenters. The van der Waals surface area contributed by atoms with Crippen LogP contribution >= 0.6 is 23.2 Å². The fourth-order valence-corrected chi connectivity index (χ4v) is 3.48. The summed E-state index contributed by atoms with van der Waals surface area (Å²) in [5, 5.41) is 7.94. The molecule has 2 aromatic carbocycles. The Morgan fingerprint density at radius 1 is 1.00 bits per heavy atom. The van der Waals surface area contributed by atoms with Crippen molar-refractivity contribution in [2.24, 2.45) is 5.10 Å². The highest BCUT2D eigenvalue weighted by Gasteiger charge is 2.16. The Balaban J connectivity index is 1.54. The van der Waals surface area contributed by atoms with Crippen LogP contribution in [0.25, 0.3) is 0 Å².